The summed E-state index contributed by atoms with van der Waals surface area (Å²) in [6, 6.07) is 1.94. The normalized spacial score (nSPS) is 18.4. The Morgan fingerprint density at radius 1 is 1.48 bits per heavy atom. The molecular formula is C19H24N4O2. The molecule has 132 valence electrons. The average Bonchev–Trinajstić information content (AvgIpc) is 3.40. The second kappa shape index (κ2) is 7.22. The largest absolute Gasteiger partial charge is 0.458 e. The zero-order valence-electron chi connectivity index (χ0n) is 14.7. The van der Waals surface area contributed by atoms with Crippen LogP contribution in [0.5, 0.6) is 0 Å². The highest BCUT2D eigenvalue weighted by molar-refractivity contribution is 5.94. The molecule has 6 heteroatoms. The molecule has 1 spiro atoms. The Hall–Kier alpha value is -2.42. The number of hydrogen-bond acceptors (Lipinski definition) is 6. The van der Waals surface area contributed by atoms with Crippen molar-refractivity contribution in [3.63, 3.8) is 0 Å². The van der Waals surface area contributed by atoms with E-state index in [1.165, 1.54) is 50.8 Å². The van der Waals surface area contributed by atoms with Crippen molar-refractivity contribution in [2.24, 2.45) is 11.3 Å². The second-order valence-corrected chi connectivity index (χ2v) is 7.25. The molecule has 0 unspecified atom stereocenters. The Balaban J connectivity index is 1.72. The van der Waals surface area contributed by atoms with Gasteiger partial charge >= 0.3 is 5.97 Å². The van der Waals surface area contributed by atoms with Crippen molar-refractivity contribution in [2.45, 2.75) is 38.5 Å². The molecule has 0 aliphatic heterocycles. The van der Waals surface area contributed by atoms with Crippen molar-refractivity contribution in [1.29, 1.82) is 5.26 Å². The van der Waals surface area contributed by atoms with Crippen LogP contribution in [-0.4, -0.2) is 36.1 Å². The molecule has 6 nitrogen and oxygen atoms in total. The minimum atomic E-state index is -0.494. The van der Waals surface area contributed by atoms with Crippen LogP contribution >= 0.6 is 0 Å². The van der Waals surface area contributed by atoms with Gasteiger partial charge in [0.1, 0.15) is 24.1 Å². The molecule has 1 aromatic heterocycles. The number of aromatic nitrogens is 2. The van der Waals surface area contributed by atoms with Gasteiger partial charge in [-0.1, -0.05) is 12.7 Å². The van der Waals surface area contributed by atoms with Crippen LogP contribution in [0.25, 0.3) is 0 Å². The van der Waals surface area contributed by atoms with Gasteiger partial charge in [0.05, 0.1) is 0 Å². The van der Waals surface area contributed by atoms with Crippen molar-refractivity contribution in [1.82, 2.24) is 9.97 Å². The first kappa shape index (κ1) is 17.4. The lowest BCUT2D eigenvalue weighted by Gasteiger charge is -2.32. The van der Waals surface area contributed by atoms with Crippen LogP contribution in [-0.2, 0) is 4.74 Å². The van der Waals surface area contributed by atoms with Gasteiger partial charge in [-0.15, -0.1) is 0 Å². The molecule has 0 N–H and O–H groups in total. The van der Waals surface area contributed by atoms with E-state index >= 15 is 0 Å². The SMILES string of the molecule is C=CCOC(=O)c1cnc(C#N)nc1N(C)CC1CCC2(CC1)CC2. The van der Waals surface area contributed by atoms with Gasteiger partial charge in [0, 0.05) is 19.8 Å². The molecule has 0 aromatic carbocycles. The molecule has 1 heterocycles. The van der Waals surface area contributed by atoms with E-state index in [1.54, 1.807) is 0 Å². The van der Waals surface area contributed by atoms with E-state index in [1.807, 2.05) is 18.0 Å². The standard InChI is InChI=1S/C19H24N4O2/c1-3-10-25-18(24)15-12-21-16(11-20)22-17(15)23(2)13-14-4-6-19(7-5-14)8-9-19/h3,12,14H,1,4-10,13H2,2H3. The maximum Gasteiger partial charge on any atom is 0.343 e. The van der Waals surface area contributed by atoms with Gasteiger partial charge in [-0.2, -0.15) is 5.26 Å². The summed E-state index contributed by atoms with van der Waals surface area (Å²) in [6.07, 6.45) is 10.7. The highest BCUT2D eigenvalue weighted by Gasteiger charge is 2.44. The van der Waals surface area contributed by atoms with Gasteiger partial charge in [0.2, 0.25) is 5.82 Å². The third kappa shape index (κ3) is 3.98. The number of hydrogen-bond donors (Lipinski definition) is 0. The van der Waals surface area contributed by atoms with Crippen molar-refractivity contribution in [3.05, 3.63) is 30.2 Å². The van der Waals surface area contributed by atoms with Crippen LogP contribution in [0.4, 0.5) is 5.82 Å². The number of esters is 1. The van der Waals surface area contributed by atoms with Crippen LogP contribution in [0.3, 0.4) is 0 Å². The van der Waals surface area contributed by atoms with E-state index in [-0.39, 0.29) is 18.0 Å². The molecule has 25 heavy (non-hydrogen) atoms. The number of rotatable bonds is 6. The van der Waals surface area contributed by atoms with Crippen molar-refractivity contribution < 1.29 is 9.53 Å². The molecular weight excluding hydrogens is 316 g/mol. The number of anilines is 1. The van der Waals surface area contributed by atoms with Gasteiger partial charge < -0.3 is 9.64 Å². The maximum atomic E-state index is 12.3. The fourth-order valence-electron chi connectivity index (χ4n) is 3.70. The number of ether oxygens (including phenoxy) is 1. The monoisotopic (exact) mass is 340 g/mol. The summed E-state index contributed by atoms with van der Waals surface area (Å²) in [4.78, 5) is 22.4. The molecule has 0 bridgehead atoms. The summed E-state index contributed by atoms with van der Waals surface area (Å²) in [5.74, 6) is 0.621. The van der Waals surface area contributed by atoms with E-state index in [2.05, 4.69) is 16.5 Å². The van der Waals surface area contributed by atoms with Crippen molar-refractivity contribution >= 4 is 11.8 Å². The minimum Gasteiger partial charge on any atom is -0.458 e. The molecule has 3 rings (SSSR count). The third-order valence-corrected chi connectivity index (χ3v) is 5.44. The topological polar surface area (TPSA) is 79.1 Å². The highest BCUT2D eigenvalue weighted by Crippen LogP contribution is 2.57. The smallest absolute Gasteiger partial charge is 0.343 e. The van der Waals surface area contributed by atoms with E-state index in [9.17, 15) is 4.79 Å². The zero-order valence-corrected chi connectivity index (χ0v) is 14.7. The molecule has 0 saturated heterocycles. The summed E-state index contributed by atoms with van der Waals surface area (Å²) in [5.41, 5.74) is 0.954. The first-order valence-electron chi connectivity index (χ1n) is 8.83. The number of nitriles is 1. The number of carbonyl (C=O) groups excluding carboxylic acids is 1. The lowest BCUT2D eigenvalue weighted by Crippen LogP contribution is -2.31. The van der Waals surface area contributed by atoms with Gasteiger partial charge in [0.15, 0.2) is 0 Å². The molecule has 1 aromatic rings. The van der Waals surface area contributed by atoms with Crippen molar-refractivity contribution in [2.75, 3.05) is 25.1 Å². The highest BCUT2D eigenvalue weighted by atomic mass is 16.5. The Morgan fingerprint density at radius 2 is 2.20 bits per heavy atom. The Bertz CT molecular complexity index is 696. The first-order valence-corrected chi connectivity index (χ1v) is 8.83. The summed E-state index contributed by atoms with van der Waals surface area (Å²) in [6.45, 7) is 4.49. The molecule has 0 radical (unpaired) electrons. The predicted octanol–water partition coefficient (Wildman–Crippen LogP) is 3.10. The molecule has 2 fully saturated rings. The fraction of sp³-hybridized carbons (Fsp3) is 0.579. The van der Waals surface area contributed by atoms with Gasteiger partial charge in [-0.25, -0.2) is 14.8 Å². The van der Waals surface area contributed by atoms with Crippen molar-refractivity contribution in [3.8, 4) is 6.07 Å². The zero-order chi connectivity index (χ0) is 17.9. The Morgan fingerprint density at radius 3 is 2.80 bits per heavy atom. The van der Waals surface area contributed by atoms with Crippen LogP contribution in [0.15, 0.2) is 18.9 Å². The lowest BCUT2D eigenvalue weighted by molar-refractivity contribution is 0.0549. The van der Waals surface area contributed by atoms with Crippen LogP contribution in [0.2, 0.25) is 0 Å². The second-order valence-electron chi connectivity index (χ2n) is 7.25. The lowest BCUT2D eigenvalue weighted by atomic mass is 9.79. The minimum absolute atomic E-state index is 0.0581. The van der Waals surface area contributed by atoms with Crippen LogP contribution in [0.1, 0.15) is 54.7 Å². The molecule has 0 amide bonds. The van der Waals surface area contributed by atoms with E-state index in [4.69, 9.17) is 10.00 Å². The number of nitrogens with zero attached hydrogens (tertiary/aromatic N) is 4. The van der Waals surface area contributed by atoms with Gasteiger partial charge in [-0.05, 0) is 49.9 Å². The van der Waals surface area contributed by atoms with Gasteiger partial charge in [0.25, 0.3) is 0 Å². The van der Waals surface area contributed by atoms with Crippen LogP contribution in [0, 0.1) is 22.7 Å². The molecule has 0 atom stereocenters. The first-order chi connectivity index (χ1) is 12.1. The summed E-state index contributed by atoms with van der Waals surface area (Å²) >= 11 is 0. The molecule has 2 aliphatic rings. The molecule has 2 aliphatic carbocycles. The van der Waals surface area contributed by atoms with E-state index in [0.717, 1.165) is 6.54 Å². The average molecular weight is 340 g/mol. The maximum absolute atomic E-state index is 12.3. The van der Waals surface area contributed by atoms with E-state index in [0.29, 0.717) is 17.2 Å². The summed E-state index contributed by atoms with van der Waals surface area (Å²) < 4.78 is 5.12. The Kier molecular flexibility index (Phi) is 5.03. The summed E-state index contributed by atoms with van der Waals surface area (Å²) in [7, 11) is 1.91. The van der Waals surface area contributed by atoms with Gasteiger partial charge in [-0.3, -0.25) is 0 Å². The number of carbonyl (C=O) groups is 1. The quantitative estimate of drug-likeness (QED) is 0.585. The summed E-state index contributed by atoms with van der Waals surface area (Å²) in [5, 5.41) is 9.08. The molecule has 2 saturated carbocycles. The fourth-order valence-corrected chi connectivity index (χ4v) is 3.70. The third-order valence-electron chi connectivity index (χ3n) is 5.44. The van der Waals surface area contributed by atoms with Crippen LogP contribution < -0.4 is 4.90 Å². The van der Waals surface area contributed by atoms with E-state index < -0.39 is 5.97 Å². The predicted molar refractivity (Wildman–Crippen MR) is 94.1 cm³/mol. The Labute approximate surface area is 148 Å².